The third kappa shape index (κ3) is 2.83. The van der Waals surface area contributed by atoms with E-state index >= 15 is 0 Å². The fraction of sp³-hybridized carbons (Fsp3) is 0.846. The molecule has 2 fully saturated rings. The molecule has 1 heterocycles. The molecule has 0 radical (unpaired) electrons. The predicted octanol–water partition coefficient (Wildman–Crippen LogP) is 0.982. The Labute approximate surface area is 107 Å². The molecule has 1 aliphatic carbocycles. The van der Waals surface area contributed by atoms with E-state index in [9.17, 15) is 14.7 Å². The third-order valence-electron chi connectivity index (χ3n) is 3.97. The minimum Gasteiger partial charge on any atom is -0.481 e. The lowest BCUT2D eigenvalue weighted by atomic mass is 9.94. The van der Waals surface area contributed by atoms with Gasteiger partial charge in [0.1, 0.15) is 0 Å². The van der Waals surface area contributed by atoms with Gasteiger partial charge in [0.25, 0.3) is 0 Å². The third-order valence-corrected chi connectivity index (χ3v) is 3.97. The first-order valence-corrected chi connectivity index (χ1v) is 6.69. The van der Waals surface area contributed by atoms with Gasteiger partial charge >= 0.3 is 5.97 Å². The van der Waals surface area contributed by atoms with Crippen molar-refractivity contribution in [2.75, 3.05) is 26.3 Å². The van der Waals surface area contributed by atoms with Crippen molar-refractivity contribution < 1.29 is 19.4 Å². The molecule has 0 aromatic rings. The van der Waals surface area contributed by atoms with E-state index in [0.29, 0.717) is 45.1 Å². The summed E-state index contributed by atoms with van der Waals surface area (Å²) in [5.74, 6) is -1.34. The van der Waals surface area contributed by atoms with Crippen LogP contribution in [0.15, 0.2) is 0 Å². The Morgan fingerprint density at radius 2 is 1.89 bits per heavy atom. The van der Waals surface area contributed by atoms with Gasteiger partial charge in [-0.2, -0.15) is 0 Å². The second kappa shape index (κ2) is 5.69. The smallest absolute Gasteiger partial charge is 0.307 e. The molecule has 1 aliphatic heterocycles. The zero-order valence-corrected chi connectivity index (χ0v) is 10.8. The fourth-order valence-electron chi connectivity index (χ4n) is 3.04. The Kier molecular flexibility index (Phi) is 4.22. The van der Waals surface area contributed by atoms with Gasteiger partial charge in [0.15, 0.2) is 0 Å². The molecule has 0 aromatic carbocycles. The monoisotopic (exact) mass is 255 g/mol. The molecule has 0 aromatic heterocycles. The van der Waals surface area contributed by atoms with Crippen LogP contribution in [0.5, 0.6) is 0 Å². The number of carbonyl (C=O) groups excluding carboxylic acids is 1. The highest BCUT2D eigenvalue weighted by Crippen LogP contribution is 2.37. The number of rotatable bonds is 2. The summed E-state index contributed by atoms with van der Waals surface area (Å²) in [6.07, 6.45) is 2.16. The fourth-order valence-corrected chi connectivity index (χ4v) is 3.04. The van der Waals surface area contributed by atoms with Crippen molar-refractivity contribution in [1.29, 1.82) is 0 Å². The number of amides is 1. The molecule has 1 N–H and O–H groups in total. The van der Waals surface area contributed by atoms with Crippen LogP contribution in [-0.4, -0.2) is 48.2 Å². The molecule has 0 bridgehead atoms. The van der Waals surface area contributed by atoms with Gasteiger partial charge in [0.05, 0.1) is 18.4 Å². The van der Waals surface area contributed by atoms with Gasteiger partial charge in [-0.25, -0.2) is 0 Å². The van der Waals surface area contributed by atoms with Crippen molar-refractivity contribution >= 4 is 11.9 Å². The molecule has 1 saturated heterocycles. The first-order valence-electron chi connectivity index (χ1n) is 6.69. The molecular formula is C13H21NO4. The van der Waals surface area contributed by atoms with E-state index in [1.165, 1.54) is 0 Å². The zero-order valence-electron chi connectivity index (χ0n) is 10.8. The van der Waals surface area contributed by atoms with Crippen LogP contribution in [0.25, 0.3) is 0 Å². The van der Waals surface area contributed by atoms with E-state index in [-0.39, 0.29) is 11.8 Å². The number of carbonyl (C=O) groups is 2. The maximum Gasteiger partial charge on any atom is 0.307 e. The van der Waals surface area contributed by atoms with Crippen LogP contribution in [0, 0.1) is 17.8 Å². The molecule has 18 heavy (non-hydrogen) atoms. The standard InChI is InChI=1S/C13H21NO4/c1-9-7-10(11(8-9)13(16)17)12(15)14-3-2-5-18-6-4-14/h9-11H,2-8H2,1H3,(H,16,17)/t9?,10-,11+/m0/s1. The second-order valence-electron chi connectivity index (χ2n) is 5.42. The number of hydrogen-bond donors (Lipinski definition) is 1. The Morgan fingerprint density at radius 1 is 1.17 bits per heavy atom. The van der Waals surface area contributed by atoms with E-state index in [2.05, 4.69) is 0 Å². The van der Waals surface area contributed by atoms with Crippen LogP contribution in [0.4, 0.5) is 0 Å². The van der Waals surface area contributed by atoms with Crippen LogP contribution in [0.3, 0.4) is 0 Å². The minimum absolute atomic E-state index is 0.0113. The summed E-state index contributed by atoms with van der Waals surface area (Å²) >= 11 is 0. The SMILES string of the molecule is CC1C[C@H](C(=O)N2CCCOCC2)[C@H](C(=O)O)C1. The predicted molar refractivity (Wildman–Crippen MR) is 65.0 cm³/mol. The Bertz CT molecular complexity index is 323. The highest BCUT2D eigenvalue weighted by molar-refractivity contribution is 5.85. The first-order chi connectivity index (χ1) is 8.59. The summed E-state index contributed by atoms with van der Waals surface area (Å²) in [4.78, 5) is 25.4. The van der Waals surface area contributed by atoms with E-state index in [1.807, 2.05) is 6.92 Å². The molecule has 5 heteroatoms. The maximum absolute atomic E-state index is 12.4. The van der Waals surface area contributed by atoms with Crippen LogP contribution in [0.2, 0.25) is 0 Å². The number of ether oxygens (including phenoxy) is 1. The average Bonchev–Trinajstić information content (AvgIpc) is 2.56. The lowest BCUT2D eigenvalue weighted by Gasteiger charge is -2.25. The molecule has 5 nitrogen and oxygen atoms in total. The molecular weight excluding hydrogens is 234 g/mol. The van der Waals surface area contributed by atoms with Crippen molar-refractivity contribution in [2.45, 2.75) is 26.2 Å². The zero-order chi connectivity index (χ0) is 13.1. The van der Waals surface area contributed by atoms with Gasteiger partial charge in [0.2, 0.25) is 5.91 Å². The lowest BCUT2D eigenvalue weighted by molar-refractivity contribution is -0.149. The van der Waals surface area contributed by atoms with Gasteiger partial charge in [-0.15, -0.1) is 0 Å². The number of aliphatic carboxylic acids is 1. The van der Waals surface area contributed by atoms with Crippen molar-refractivity contribution in [2.24, 2.45) is 17.8 Å². The van der Waals surface area contributed by atoms with Crippen LogP contribution in [0.1, 0.15) is 26.2 Å². The van der Waals surface area contributed by atoms with E-state index in [1.54, 1.807) is 4.90 Å². The molecule has 3 atom stereocenters. The van der Waals surface area contributed by atoms with E-state index in [0.717, 1.165) is 6.42 Å². The first kappa shape index (κ1) is 13.3. The van der Waals surface area contributed by atoms with Crippen molar-refractivity contribution in [3.05, 3.63) is 0 Å². The summed E-state index contributed by atoms with van der Waals surface area (Å²) < 4.78 is 5.32. The lowest BCUT2D eigenvalue weighted by Crippen LogP contribution is -2.40. The summed E-state index contributed by atoms with van der Waals surface area (Å²) in [6, 6.07) is 0. The molecule has 1 amide bonds. The van der Waals surface area contributed by atoms with Crippen LogP contribution in [-0.2, 0) is 14.3 Å². The summed E-state index contributed by atoms with van der Waals surface area (Å²) in [5, 5.41) is 9.21. The highest BCUT2D eigenvalue weighted by atomic mass is 16.5. The molecule has 2 rings (SSSR count). The number of hydrogen-bond acceptors (Lipinski definition) is 3. The normalized spacial score (nSPS) is 33.2. The van der Waals surface area contributed by atoms with Gasteiger partial charge in [0, 0.05) is 19.7 Å². The summed E-state index contributed by atoms with van der Waals surface area (Å²) in [5.41, 5.74) is 0. The van der Waals surface area contributed by atoms with Gasteiger partial charge in [-0.05, 0) is 25.2 Å². The molecule has 0 spiro atoms. The molecule has 102 valence electrons. The van der Waals surface area contributed by atoms with Crippen LogP contribution >= 0.6 is 0 Å². The largest absolute Gasteiger partial charge is 0.481 e. The number of carboxylic acid groups (broad SMARTS) is 1. The summed E-state index contributed by atoms with van der Waals surface area (Å²) in [7, 11) is 0. The maximum atomic E-state index is 12.4. The van der Waals surface area contributed by atoms with Crippen molar-refractivity contribution in [1.82, 2.24) is 4.90 Å². The van der Waals surface area contributed by atoms with Crippen molar-refractivity contribution in [3.63, 3.8) is 0 Å². The average molecular weight is 255 g/mol. The van der Waals surface area contributed by atoms with Gasteiger partial charge in [-0.1, -0.05) is 6.92 Å². The quantitative estimate of drug-likeness (QED) is 0.798. The number of nitrogens with zero attached hydrogens (tertiary/aromatic N) is 1. The Hall–Kier alpha value is -1.10. The molecule has 1 unspecified atom stereocenters. The molecule has 2 aliphatic rings. The summed E-state index contributed by atoms with van der Waals surface area (Å²) in [6.45, 7) is 4.56. The Morgan fingerprint density at radius 3 is 2.61 bits per heavy atom. The van der Waals surface area contributed by atoms with Crippen LogP contribution < -0.4 is 0 Å². The Balaban J connectivity index is 2.04. The van der Waals surface area contributed by atoms with Gasteiger partial charge < -0.3 is 14.7 Å². The number of carboxylic acids is 1. The minimum atomic E-state index is -0.830. The van der Waals surface area contributed by atoms with E-state index < -0.39 is 11.9 Å². The molecule has 1 saturated carbocycles. The van der Waals surface area contributed by atoms with Crippen molar-refractivity contribution in [3.8, 4) is 0 Å². The van der Waals surface area contributed by atoms with Gasteiger partial charge in [-0.3, -0.25) is 9.59 Å². The topological polar surface area (TPSA) is 66.8 Å². The van der Waals surface area contributed by atoms with E-state index in [4.69, 9.17) is 4.74 Å². The highest BCUT2D eigenvalue weighted by Gasteiger charge is 2.42. The second-order valence-corrected chi connectivity index (χ2v) is 5.42.